The van der Waals surface area contributed by atoms with Crippen LogP contribution in [0.1, 0.15) is 26.7 Å². The minimum atomic E-state index is -0.545. The van der Waals surface area contributed by atoms with Crippen molar-refractivity contribution >= 4 is 22.8 Å². The summed E-state index contributed by atoms with van der Waals surface area (Å²) in [5, 5.41) is 14.9. The van der Waals surface area contributed by atoms with E-state index in [0.29, 0.717) is 35.7 Å². The Labute approximate surface area is 134 Å². The number of hydrogen-bond donors (Lipinski definition) is 1. The summed E-state index contributed by atoms with van der Waals surface area (Å²) in [6.07, 6.45) is 1.42. The van der Waals surface area contributed by atoms with Crippen LogP contribution >= 0.6 is 0 Å². The molecule has 0 radical (unpaired) electrons. The van der Waals surface area contributed by atoms with Gasteiger partial charge in [0.25, 0.3) is 11.8 Å². The van der Waals surface area contributed by atoms with Crippen molar-refractivity contribution in [3.63, 3.8) is 0 Å². The van der Waals surface area contributed by atoms with Gasteiger partial charge < -0.3 is 20.4 Å². The molecule has 0 spiro atoms. The number of carbonyl (C=O) groups excluding carboxylic acids is 2. The topological polar surface area (TPSA) is 134 Å². The Bertz CT molecular complexity index is 975. The molecule has 1 aromatic carbocycles. The van der Waals surface area contributed by atoms with Gasteiger partial charge in [0.05, 0.1) is 12.7 Å². The molecule has 2 N–H and O–H groups in total. The van der Waals surface area contributed by atoms with E-state index in [0.717, 1.165) is 0 Å². The van der Waals surface area contributed by atoms with Gasteiger partial charge in [0.2, 0.25) is 11.0 Å². The third-order valence-corrected chi connectivity index (χ3v) is 4.04. The molecule has 10 heteroatoms. The van der Waals surface area contributed by atoms with E-state index in [-0.39, 0.29) is 22.9 Å². The number of imidazole rings is 1. The molecular weight excluding hydrogens is 316 g/mol. The van der Waals surface area contributed by atoms with Crippen LogP contribution in [0.2, 0.25) is 0 Å². The first kappa shape index (κ1) is 14.2. The largest absolute Gasteiger partial charge is 0.364 e. The van der Waals surface area contributed by atoms with Gasteiger partial charge in [-0.15, -0.1) is 0 Å². The van der Waals surface area contributed by atoms with Crippen LogP contribution < -0.4 is 10.6 Å². The number of aromatic nitrogens is 4. The van der Waals surface area contributed by atoms with Gasteiger partial charge in [-0.25, -0.2) is 4.98 Å². The van der Waals surface area contributed by atoms with Gasteiger partial charge in [-0.1, -0.05) is 0 Å². The molecule has 0 unspecified atom stereocenters. The number of hydrogen-bond acceptors (Lipinski definition) is 6. The molecule has 0 fully saturated rings. The van der Waals surface area contributed by atoms with Gasteiger partial charge in [-0.3, -0.25) is 14.2 Å². The Morgan fingerprint density at radius 1 is 1.33 bits per heavy atom. The average Bonchev–Trinajstić information content (AvgIpc) is 3.17. The molecule has 0 bridgehead atoms. The summed E-state index contributed by atoms with van der Waals surface area (Å²) in [7, 11) is 0. The molecule has 3 heterocycles. The first-order valence-electron chi connectivity index (χ1n) is 7.17. The lowest BCUT2D eigenvalue weighted by Gasteiger charge is -2.28. The van der Waals surface area contributed by atoms with E-state index in [1.54, 1.807) is 15.5 Å². The standard InChI is InChI=1S/C14H12N6O4/c15-13(21)11-6-16-12-7-18(3-4-19(11)12)14(22)8-1-2-10-9(5-8)17-24-20(10)23/h1-2,5-6H,3-4,7H2,(H2,15,21). The van der Waals surface area contributed by atoms with Gasteiger partial charge in [0.1, 0.15) is 11.5 Å². The monoisotopic (exact) mass is 328 g/mol. The number of primary amides is 1. The highest BCUT2D eigenvalue weighted by molar-refractivity contribution is 5.97. The summed E-state index contributed by atoms with van der Waals surface area (Å²) in [5.41, 5.74) is 6.60. The summed E-state index contributed by atoms with van der Waals surface area (Å²) >= 11 is 0. The Kier molecular flexibility index (Phi) is 2.98. The lowest BCUT2D eigenvalue weighted by molar-refractivity contribution is -0.782. The molecule has 2 amide bonds. The van der Waals surface area contributed by atoms with Gasteiger partial charge in [0, 0.05) is 29.9 Å². The molecule has 1 aliphatic rings. The maximum atomic E-state index is 12.7. The SMILES string of the molecule is NC(=O)c1cnc2n1CCN(C(=O)c1ccc3c(c1)no[n+]3[O-])C2. The van der Waals surface area contributed by atoms with E-state index in [1.165, 1.54) is 18.3 Å². The molecule has 4 rings (SSSR count). The van der Waals surface area contributed by atoms with Crippen LogP contribution in [0.5, 0.6) is 0 Å². The Balaban J connectivity index is 1.61. The number of fused-ring (bicyclic) bond motifs is 2. The molecule has 0 aliphatic carbocycles. The second-order valence-electron chi connectivity index (χ2n) is 5.44. The fraction of sp³-hybridized carbons (Fsp3) is 0.214. The van der Waals surface area contributed by atoms with E-state index < -0.39 is 5.91 Å². The third kappa shape index (κ3) is 2.07. The van der Waals surface area contributed by atoms with Gasteiger partial charge in [-0.05, 0) is 17.0 Å². The van der Waals surface area contributed by atoms with Crippen LogP contribution in [0.3, 0.4) is 0 Å². The van der Waals surface area contributed by atoms with Gasteiger partial charge in [0.15, 0.2) is 0 Å². The summed E-state index contributed by atoms with van der Waals surface area (Å²) in [5.74, 6) is -0.161. The van der Waals surface area contributed by atoms with Crippen LogP contribution in [0.4, 0.5) is 0 Å². The summed E-state index contributed by atoms with van der Waals surface area (Å²) < 4.78 is 6.21. The summed E-state index contributed by atoms with van der Waals surface area (Å²) in [6, 6.07) is 4.54. The normalized spacial score (nSPS) is 13.9. The van der Waals surface area contributed by atoms with E-state index in [9.17, 15) is 14.8 Å². The number of nitrogens with zero attached hydrogens (tertiary/aromatic N) is 5. The van der Waals surface area contributed by atoms with Gasteiger partial charge >= 0.3 is 0 Å². The molecule has 1 aliphatic heterocycles. The minimum absolute atomic E-state index is 0.216. The highest BCUT2D eigenvalue weighted by atomic mass is 16.8. The smallest absolute Gasteiger partial charge is 0.266 e. The number of carbonyl (C=O) groups is 2. The van der Waals surface area contributed by atoms with Crippen molar-refractivity contribution in [2.45, 2.75) is 13.1 Å². The number of nitrogens with two attached hydrogens (primary N) is 1. The predicted molar refractivity (Wildman–Crippen MR) is 78.5 cm³/mol. The molecule has 3 aromatic rings. The maximum Gasteiger partial charge on any atom is 0.266 e. The zero-order valence-electron chi connectivity index (χ0n) is 12.4. The van der Waals surface area contributed by atoms with Crippen molar-refractivity contribution in [3.8, 4) is 0 Å². The number of benzene rings is 1. The van der Waals surface area contributed by atoms with Gasteiger partial charge in [-0.2, -0.15) is 0 Å². The molecule has 0 atom stereocenters. The van der Waals surface area contributed by atoms with E-state index in [1.807, 2.05) is 0 Å². The summed E-state index contributed by atoms with van der Waals surface area (Å²) in [6.45, 7) is 1.12. The highest BCUT2D eigenvalue weighted by Gasteiger charge is 2.26. The lowest BCUT2D eigenvalue weighted by Crippen LogP contribution is -2.39. The molecule has 0 saturated heterocycles. The molecular formula is C14H12N6O4. The zero-order chi connectivity index (χ0) is 16.8. The van der Waals surface area contributed by atoms with Crippen molar-refractivity contribution in [3.05, 3.63) is 46.7 Å². The van der Waals surface area contributed by atoms with E-state index in [4.69, 9.17) is 5.73 Å². The molecule has 2 aromatic heterocycles. The van der Waals surface area contributed by atoms with Crippen LogP contribution in [-0.2, 0) is 13.1 Å². The highest BCUT2D eigenvalue weighted by Crippen LogP contribution is 2.18. The maximum absolute atomic E-state index is 12.7. The Morgan fingerprint density at radius 2 is 2.17 bits per heavy atom. The summed E-state index contributed by atoms with van der Waals surface area (Å²) in [4.78, 5) is 30.0. The van der Waals surface area contributed by atoms with Crippen LogP contribution in [-0.4, -0.2) is 38.0 Å². The zero-order valence-corrected chi connectivity index (χ0v) is 12.4. The predicted octanol–water partition coefficient (Wildman–Crippen LogP) is -0.587. The van der Waals surface area contributed by atoms with Crippen molar-refractivity contribution in [1.82, 2.24) is 19.6 Å². The fourth-order valence-electron chi connectivity index (χ4n) is 2.82. The second-order valence-corrected chi connectivity index (χ2v) is 5.44. The van der Waals surface area contributed by atoms with Crippen LogP contribution in [0, 0.1) is 5.21 Å². The van der Waals surface area contributed by atoms with Crippen LogP contribution in [0.15, 0.2) is 29.0 Å². The van der Waals surface area contributed by atoms with Crippen molar-refractivity contribution in [2.75, 3.05) is 6.54 Å². The van der Waals surface area contributed by atoms with E-state index in [2.05, 4.69) is 14.8 Å². The molecule has 0 saturated carbocycles. The first-order chi connectivity index (χ1) is 11.5. The fourth-order valence-corrected chi connectivity index (χ4v) is 2.82. The second kappa shape index (κ2) is 5.05. The minimum Gasteiger partial charge on any atom is -0.364 e. The van der Waals surface area contributed by atoms with Crippen molar-refractivity contribution in [1.29, 1.82) is 0 Å². The number of amides is 2. The van der Waals surface area contributed by atoms with E-state index >= 15 is 0 Å². The quantitative estimate of drug-likeness (QED) is 0.625. The average molecular weight is 328 g/mol. The first-order valence-corrected chi connectivity index (χ1v) is 7.17. The molecule has 10 nitrogen and oxygen atoms in total. The number of rotatable bonds is 2. The molecule has 24 heavy (non-hydrogen) atoms. The van der Waals surface area contributed by atoms with Crippen LogP contribution in [0.25, 0.3) is 11.0 Å². The third-order valence-electron chi connectivity index (χ3n) is 4.04. The Hall–Kier alpha value is -3.43. The van der Waals surface area contributed by atoms with Crippen molar-refractivity contribution < 1.29 is 19.1 Å². The lowest BCUT2D eigenvalue weighted by atomic mass is 10.1. The molecule has 122 valence electrons. The van der Waals surface area contributed by atoms with Crippen molar-refractivity contribution in [2.24, 2.45) is 5.73 Å². The Morgan fingerprint density at radius 3 is 2.96 bits per heavy atom.